The molecule has 0 unspecified atom stereocenters. The molecule has 0 aliphatic carbocycles. The zero-order valence-corrected chi connectivity index (χ0v) is 6.20. The van der Waals surface area contributed by atoms with E-state index in [2.05, 4.69) is 15.8 Å². The molecule has 0 bridgehead atoms. The van der Waals surface area contributed by atoms with Crippen LogP contribution in [-0.2, 0) is 0 Å². The summed E-state index contributed by atoms with van der Waals surface area (Å²) in [5, 5.41) is 0. The van der Waals surface area contributed by atoms with Gasteiger partial charge in [-0.1, -0.05) is 12.1 Å². The van der Waals surface area contributed by atoms with Gasteiger partial charge in [-0.05, 0) is 12.1 Å². The fourth-order valence-corrected chi connectivity index (χ4v) is 0.607. The molecule has 2 N–H and O–H groups in total. The van der Waals surface area contributed by atoms with Gasteiger partial charge >= 0.3 is 0 Å². The van der Waals surface area contributed by atoms with Crippen LogP contribution in [-0.4, -0.2) is 11.5 Å². The van der Waals surface area contributed by atoms with Crippen LogP contribution in [0.1, 0.15) is 0 Å². The summed E-state index contributed by atoms with van der Waals surface area (Å²) in [6.45, 7) is 0.958. The highest BCUT2D eigenvalue weighted by Gasteiger charge is 1.78. The molecule has 0 saturated heterocycles. The third kappa shape index (κ3) is 4.11. The predicted molar refractivity (Wildman–Crippen MR) is 44.5 cm³/mol. The van der Waals surface area contributed by atoms with E-state index in [-0.39, 0.29) is 0 Å². The Morgan fingerprint density at radius 3 is 2.09 bits per heavy atom. The molecule has 0 aromatic carbocycles. The average Bonchev–Trinajstić information content (AvgIpc) is 2.64. The van der Waals surface area contributed by atoms with Gasteiger partial charge in [-0.25, -0.2) is 5.43 Å². The van der Waals surface area contributed by atoms with Crippen molar-refractivity contribution in [1.29, 1.82) is 0 Å². The van der Waals surface area contributed by atoms with E-state index in [1.165, 1.54) is 0 Å². The molecule has 0 fully saturated rings. The second-order valence-electron chi connectivity index (χ2n) is 1.95. The second kappa shape index (κ2) is 5.44. The van der Waals surface area contributed by atoms with Crippen LogP contribution in [0.25, 0.3) is 0 Å². The average molecular weight is 149 g/mol. The van der Waals surface area contributed by atoms with E-state index in [0.29, 0.717) is 0 Å². The Kier molecular flexibility index (Phi) is 3.83. The van der Waals surface area contributed by atoms with Crippen molar-refractivity contribution in [2.75, 3.05) is 6.54 Å². The topological polar surface area (TPSA) is 37.0 Å². The standard InChI is InChI=1S/C5H5N.C3H6N2/c1-2-4-6-5-3-1;1-2-4-5-3-1/h1-5H;1-2,4-5H,3H2. The smallest absolute Gasteiger partial charge is 0.0345 e. The van der Waals surface area contributed by atoms with Gasteiger partial charge in [-0.2, -0.15) is 0 Å². The van der Waals surface area contributed by atoms with E-state index in [9.17, 15) is 0 Å². The Hall–Kier alpha value is -1.35. The van der Waals surface area contributed by atoms with Crippen molar-refractivity contribution >= 4 is 0 Å². The summed E-state index contributed by atoms with van der Waals surface area (Å²) in [7, 11) is 0. The van der Waals surface area contributed by atoms with Crippen molar-refractivity contribution in [1.82, 2.24) is 15.8 Å². The zero-order valence-electron chi connectivity index (χ0n) is 6.20. The summed E-state index contributed by atoms with van der Waals surface area (Å²) < 4.78 is 0. The number of nitrogens with zero attached hydrogens (tertiary/aromatic N) is 1. The van der Waals surface area contributed by atoms with Gasteiger partial charge in [0.2, 0.25) is 0 Å². The minimum absolute atomic E-state index is 0.958. The fraction of sp³-hybridized carbons (Fsp3) is 0.125. The maximum absolute atomic E-state index is 3.78. The molecule has 58 valence electrons. The highest BCUT2D eigenvalue weighted by molar-refractivity contribution is 4.88. The number of hydrogen-bond donors (Lipinski definition) is 2. The van der Waals surface area contributed by atoms with Crippen molar-refractivity contribution in [2.45, 2.75) is 0 Å². The Morgan fingerprint density at radius 1 is 1.09 bits per heavy atom. The molecule has 2 rings (SSSR count). The quantitative estimate of drug-likeness (QED) is 0.570. The molecule has 0 amide bonds. The predicted octanol–water partition coefficient (Wildman–Crippen LogP) is 0.689. The lowest BCUT2D eigenvalue weighted by Crippen LogP contribution is -2.19. The van der Waals surface area contributed by atoms with Gasteiger partial charge < -0.3 is 5.43 Å². The molecule has 3 nitrogen and oxygen atoms in total. The SMILES string of the molecule is C1=CNNC1.c1ccncc1. The monoisotopic (exact) mass is 149 g/mol. The Balaban J connectivity index is 0.000000112. The minimum atomic E-state index is 0.958. The number of rotatable bonds is 0. The van der Waals surface area contributed by atoms with Gasteiger partial charge in [0.1, 0.15) is 0 Å². The first-order valence-electron chi connectivity index (χ1n) is 3.48. The van der Waals surface area contributed by atoms with Gasteiger partial charge in [-0.3, -0.25) is 4.98 Å². The summed E-state index contributed by atoms with van der Waals surface area (Å²) in [6.07, 6.45) is 7.39. The lowest BCUT2D eigenvalue weighted by atomic mass is 10.5. The molecular formula is C8H11N3. The number of nitrogens with one attached hydrogen (secondary N) is 2. The number of hydrazine groups is 1. The Morgan fingerprint density at radius 2 is 1.91 bits per heavy atom. The normalized spacial score (nSPS) is 13.1. The van der Waals surface area contributed by atoms with Crippen LogP contribution in [0.4, 0.5) is 0 Å². The van der Waals surface area contributed by atoms with Gasteiger partial charge in [0, 0.05) is 25.1 Å². The second-order valence-corrected chi connectivity index (χ2v) is 1.95. The molecule has 0 radical (unpaired) electrons. The molecule has 11 heavy (non-hydrogen) atoms. The minimum Gasteiger partial charge on any atom is -0.329 e. The summed E-state index contributed by atoms with van der Waals surface area (Å²) in [5.74, 6) is 0. The molecule has 0 spiro atoms. The summed E-state index contributed by atoms with van der Waals surface area (Å²) >= 11 is 0. The Labute approximate surface area is 66.1 Å². The van der Waals surface area contributed by atoms with E-state index in [4.69, 9.17) is 0 Å². The highest BCUT2D eigenvalue weighted by atomic mass is 15.4. The zero-order chi connectivity index (χ0) is 7.78. The maximum Gasteiger partial charge on any atom is 0.0345 e. The highest BCUT2D eigenvalue weighted by Crippen LogP contribution is 1.73. The number of hydrogen-bond acceptors (Lipinski definition) is 3. The van der Waals surface area contributed by atoms with E-state index >= 15 is 0 Å². The third-order valence-corrected chi connectivity index (χ3v) is 1.09. The number of pyridine rings is 1. The fourth-order valence-electron chi connectivity index (χ4n) is 0.607. The Bertz CT molecular complexity index is 163. The molecule has 1 aromatic heterocycles. The van der Waals surface area contributed by atoms with Crippen molar-refractivity contribution in [3.63, 3.8) is 0 Å². The molecular weight excluding hydrogens is 138 g/mol. The molecule has 0 saturated carbocycles. The largest absolute Gasteiger partial charge is 0.329 e. The van der Waals surface area contributed by atoms with Crippen LogP contribution >= 0.6 is 0 Å². The lowest BCUT2D eigenvalue weighted by molar-refractivity contribution is 0.727. The molecule has 1 aromatic rings. The first-order chi connectivity index (χ1) is 5.50. The number of aromatic nitrogens is 1. The van der Waals surface area contributed by atoms with E-state index in [1.807, 2.05) is 30.5 Å². The van der Waals surface area contributed by atoms with Crippen molar-refractivity contribution in [3.05, 3.63) is 42.9 Å². The van der Waals surface area contributed by atoms with E-state index in [1.54, 1.807) is 12.4 Å². The summed E-state index contributed by atoms with van der Waals surface area (Å²) in [6, 6.07) is 5.72. The first-order valence-corrected chi connectivity index (χ1v) is 3.48. The van der Waals surface area contributed by atoms with Gasteiger partial charge in [0.15, 0.2) is 0 Å². The molecule has 1 aliphatic heterocycles. The van der Waals surface area contributed by atoms with Crippen LogP contribution in [0.3, 0.4) is 0 Å². The molecule has 2 heterocycles. The molecule has 1 aliphatic rings. The van der Waals surface area contributed by atoms with E-state index in [0.717, 1.165) is 6.54 Å². The summed E-state index contributed by atoms with van der Waals surface area (Å²) in [4.78, 5) is 3.78. The van der Waals surface area contributed by atoms with Crippen molar-refractivity contribution < 1.29 is 0 Å². The molecule has 3 heteroatoms. The maximum atomic E-state index is 3.78. The van der Waals surface area contributed by atoms with Gasteiger partial charge in [0.05, 0.1) is 0 Å². The first kappa shape index (κ1) is 7.75. The van der Waals surface area contributed by atoms with Crippen LogP contribution in [0.15, 0.2) is 42.9 Å². The van der Waals surface area contributed by atoms with E-state index < -0.39 is 0 Å². The lowest BCUT2D eigenvalue weighted by Gasteiger charge is -1.83. The summed E-state index contributed by atoms with van der Waals surface area (Å²) in [5.41, 5.74) is 5.65. The molecule has 0 atom stereocenters. The van der Waals surface area contributed by atoms with Crippen molar-refractivity contribution in [3.8, 4) is 0 Å². The van der Waals surface area contributed by atoms with Gasteiger partial charge in [-0.15, -0.1) is 0 Å². The van der Waals surface area contributed by atoms with Crippen LogP contribution in [0, 0.1) is 0 Å². The third-order valence-electron chi connectivity index (χ3n) is 1.09. The van der Waals surface area contributed by atoms with Crippen LogP contribution < -0.4 is 10.9 Å². The van der Waals surface area contributed by atoms with Crippen molar-refractivity contribution in [2.24, 2.45) is 0 Å². The van der Waals surface area contributed by atoms with Crippen LogP contribution in [0.2, 0.25) is 0 Å². The van der Waals surface area contributed by atoms with Gasteiger partial charge in [0.25, 0.3) is 0 Å². The van der Waals surface area contributed by atoms with Crippen LogP contribution in [0.5, 0.6) is 0 Å².